The van der Waals surface area contributed by atoms with Crippen molar-refractivity contribution < 1.29 is 17.6 Å². The van der Waals surface area contributed by atoms with Crippen molar-refractivity contribution in [1.29, 1.82) is 0 Å². The fourth-order valence-corrected chi connectivity index (χ4v) is 2.60. The topological polar surface area (TPSA) is 101 Å². The number of carbonyl (C=O) groups is 1. The van der Waals surface area contributed by atoms with Gasteiger partial charge in [-0.25, -0.2) is 4.83 Å². The highest BCUT2D eigenvalue weighted by atomic mass is 32.2. The number of nitrogens with zero attached hydrogens (tertiary/aromatic N) is 1. The minimum Gasteiger partial charge on any atom is -0.465 e. The van der Waals surface area contributed by atoms with Gasteiger partial charge < -0.3 is 9.73 Å². The lowest BCUT2D eigenvalue weighted by atomic mass is 10.3. The van der Waals surface area contributed by atoms with Crippen LogP contribution in [0.25, 0.3) is 6.08 Å². The van der Waals surface area contributed by atoms with E-state index in [1.54, 1.807) is 31.4 Å². The lowest BCUT2D eigenvalue weighted by Gasteiger charge is -2.05. The van der Waals surface area contributed by atoms with Gasteiger partial charge >= 0.3 is 0 Å². The van der Waals surface area contributed by atoms with E-state index in [0.29, 0.717) is 17.0 Å². The third-order valence-corrected chi connectivity index (χ3v) is 4.08. The molecule has 126 valence electrons. The molecule has 0 aliphatic carbocycles. The molecule has 0 aliphatic heterocycles. The van der Waals surface area contributed by atoms with Gasteiger partial charge in [0.25, 0.3) is 10.0 Å². The van der Waals surface area contributed by atoms with E-state index >= 15 is 0 Å². The van der Waals surface area contributed by atoms with Crippen molar-refractivity contribution in [3.8, 4) is 0 Å². The molecule has 0 saturated carbocycles. The van der Waals surface area contributed by atoms with Crippen LogP contribution >= 0.6 is 0 Å². The molecular formula is C16H17N3O4S. The SMILES string of the molecule is CC(=O)Nc1ccc(S(=O)(=O)N/N=C\C(C)=C\c2ccco2)cc1. The Kier molecular flexibility index (Phi) is 5.54. The standard InChI is InChI=1S/C16H17N3O4S/c1-12(10-15-4-3-9-23-15)11-17-19-24(21,22)16-7-5-14(6-8-16)18-13(2)20/h3-11,19H,1-2H3,(H,18,20)/b12-10+,17-11-. The molecule has 8 heteroatoms. The predicted octanol–water partition coefficient (Wildman–Crippen LogP) is 2.61. The molecule has 0 aliphatic rings. The van der Waals surface area contributed by atoms with Crippen LogP contribution in [0.15, 0.2) is 62.6 Å². The number of anilines is 1. The van der Waals surface area contributed by atoms with Gasteiger partial charge in [0.15, 0.2) is 0 Å². The number of amides is 1. The van der Waals surface area contributed by atoms with E-state index in [4.69, 9.17) is 4.42 Å². The van der Waals surface area contributed by atoms with Crippen LogP contribution in [-0.2, 0) is 14.8 Å². The van der Waals surface area contributed by atoms with Crippen LogP contribution in [0.1, 0.15) is 19.6 Å². The van der Waals surface area contributed by atoms with E-state index in [2.05, 4.69) is 15.2 Å². The molecule has 0 spiro atoms. The zero-order valence-electron chi connectivity index (χ0n) is 13.2. The van der Waals surface area contributed by atoms with Gasteiger partial charge in [-0.05, 0) is 55.0 Å². The van der Waals surface area contributed by atoms with Crippen LogP contribution in [0.5, 0.6) is 0 Å². The highest BCUT2D eigenvalue weighted by Gasteiger charge is 2.12. The summed E-state index contributed by atoms with van der Waals surface area (Å²) in [6, 6.07) is 9.30. The van der Waals surface area contributed by atoms with Crippen LogP contribution in [0.3, 0.4) is 0 Å². The van der Waals surface area contributed by atoms with Crippen molar-refractivity contribution in [2.45, 2.75) is 18.7 Å². The Morgan fingerprint density at radius 2 is 1.88 bits per heavy atom. The zero-order chi connectivity index (χ0) is 17.6. The minimum absolute atomic E-state index is 0.0430. The van der Waals surface area contributed by atoms with Gasteiger partial charge in [0.05, 0.1) is 17.4 Å². The molecular weight excluding hydrogens is 330 g/mol. The minimum atomic E-state index is -3.77. The fourth-order valence-electron chi connectivity index (χ4n) is 1.81. The van der Waals surface area contributed by atoms with Crippen LogP contribution in [-0.4, -0.2) is 20.5 Å². The van der Waals surface area contributed by atoms with Crippen LogP contribution in [0.2, 0.25) is 0 Å². The first-order valence-electron chi connectivity index (χ1n) is 7.01. The van der Waals surface area contributed by atoms with E-state index in [-0.39, 0.29) is 10.8 Å². The molecule has 0 atom stereocenters. The number of hydrogen-bond donors (Lipinski definition) is 2. The maximum atomic E-state index is 12.1. The maximum Gasteiger partial charge on any atom is 0.276 e. The third-order valence-electron chi connectivity index (χ3n) is 2.84. The molecule has 0 bridgehead atoms. The van der Waals surface area contributed by atoms with E-state index in [0.717, 1.165) is 0 Å². The summed E-state index contributed by atoms with van der Waals surface area (Å²) in [5.41, 5.74) is 1.23. The number of sulfonamides is 1. The molecule has 0 radical (unpaired) electrons. The number of hydrogen-bond acceptors (Lipinski definition) is 5. The van der Waals surface area contributed by atoms with Gasteiger partial charge in [-0.3, -0.25) is 4.79 Å². The van der Waals surface area contributed by atoms with E-state index in [1.165, 1.54) is 37.4 Å². The molecule has 1 aromatic carbocycles. The Balaban J connectivity index is 2.03. The quantitative estimate of drug-likeness (QED) is 0.619. The summed E-state index contributed by atoms with van der Waals surface area (Å²) in [7, 11) is -3.77. The highest BCUT2D eigenvalue weighted by Crippen LogP contribution is 2.14. The Labute approximate surface area is 140 Å². The second-order valence-corrected chi connectivity index (χ2v) is 6.62. The normalized spacial score (nSPS) is 12.3. The Hall–Kier alpha value is -2.87. The second kappa shape index (κ2) is 7.60. The molecule has 0 saturated heterocycles. The van der Waals surface area contributed by atoms with Gasteiger partial charge in [-0.15, -0.1) is 0 Å². The summed E-state index contributed by atoms with van der Waals surface area (Å²) in [5.74, 6) is 0.419. The van der Waals surface area contributed by atoms with Crippen LogP contribution < -0.4 is 10.1 Å². The van der Waals surface area contributed by atoms with Crippen LogP contribution in [0.4, 0.5) is 5.69 Å². The first kappa shape index (κ1) is 17.5. The molecule has 0 fully saturated rings. The monoisotopic (exact) mass is 347 g/mol. The number of benzene rings is 1. The lowest BCUT2D eigenvalue weighted by molar-refractivity contribution is -0.114. The summed E-state index contributed by atoms with van der Waals surface area (Å²) in [6.45, 7) is 3.14. The summed E-state index contributed by atoms with van der Waals surface area (Å²) < 4.78 is 29.4. The largest absolute Gasteiger partial charge is 0.465 e. The smallest absolute Gasteiger partial charge is 0.276 e. The van der Waals surface area contributed by atoms with Gasteiger partial charge in [0.2, 0.25) is 5.91 Å². The van der Waals surface area contributed by atoms with Gasteiger partial charge in [0.1, 0.15) is 5.76 Å². The average Bonchev–Trinajstić information content (AvgIpc) is 2.99. The summed E-state index contributed by atoms with van der Waals surface area (Å²) in [5, 5.41) is 6.29. The lowest BCUT2D eigenvalue weighted by Crippen LogP contribution is -2.18. The predicted molar refractivity (Wildman–Crippen MR) is 91.9 cm³/mol. The van der Waals surface area contributed by atoms with E-state index < -0.39 is 10.0 Å². The molecule has 1 aromatic heterocycles. The molecule has 1 amide bonds. The Morgan fingerprint density at radius 1 is 1.17 bits per heavy atom. The van der Waals surface area contributed by atoms with Crippen LogP contribution in [0, 0.1) is 0 Å². The number of furan rings is 1. The molecule has 24 heavy (non-hydrogen) atoms. The number of nitrogens with one attached hydrogen (secondary N) is 2. The number of carbonyl (C=O) groups excluding carboxylic acids is 1. The van der Waals surface area contributed by atoms with E-state index in [1.807, 2.05) is 0 Å². The highest BCUT2D eigenvalue weighted by molar-refractivity contribution is 7.89. The zero-order valence-corrected chi connectivity index (χ0v) is 14.0. The number of rotatable bonds is 6. The van der Waals surface area contributed by atoms with Crippen molar-refractivity contribution in [3.05, 3.63) is 54.0 Å². The second-order valence-electron chi connectivity index (χ2n) is 4.96. The summed E-state index contributed by atoms with van der Waals surface area (Å²) in [4.78, 5) is 13.1. The van der Waals surface area contributed by atoms with E-state index in [9.17, 15) is 13.2 Å². The number of hydrazone groups is 1. The molecule has 1 heterocycles. The first-order chi connectivity index (χ1) is 11.4. The maximum absolute atomic E-state index is 12.1. The molecule has 7 nitrogen and oxygen atoms in total. The summed E-state index contributed by atoms with van der Waals surface area (Å²) >= 11 is 0. The first-order valence-corrected chi connectivity index (χ1v) is 8.49. The van der Waals surface area contributed by atoms with Crippen molar-refractivity contribution in [2.75, 3.05) is 5.32 Å². The molecule has 2 N–H and O–H groups in total. The van der Waals surface area contributed by atoms with Gasteiger partial charge in [0, 0.05) is 12.6 Å². The molecule has 2 rings (SSSR count). The third kappa shape index (κ3) is 5.10. The van der Waals surface area contributed by atoms with Crippen molar-refractivity contribution >= 4 is 33.9 Å². The van der Waals surface area contributed by atoms with Gasteiger partial charge in [-0.1, -0.05) is 0 Å². The Morgan fingerprint density at radius 3 is 2.46 bits per heavy atom. The van der Waals surface area contributed by atoms with Crippen molar-refractivity contribution in [2.24, 2.45) is 5.10 Å². The Bertz CT molecular complexity index is 851. The fraction of sp³-hybridized carbons (Fsp3) is 0.125. The van der Waals surface area contributed by atoms with Gasteiger partial charge in [-0.2, -0.15) is 13.5 Å². The molecule has 2 aromatic rings. The summed E-state index contributed by atoms with van der Waals surface area (Å²) in [6.07, 6.45) is 4.65. The molecule has 0 unspecified atom stereocenters. The van der Waals surface area contributed by atoms with Crippen molar-refractivity contribution in [3.63, 3.8) is 0 Å². The van der Waals surface area contributed by atoms with Crippen molar-refractivity contribution in [1.82, 2.24) is 4.83 Å². The average molecular weight is 347 g/mol. The number of allylic oxidation sites excluding steroid dienone is 1.